The van der Waals surface area contributed by atoms with Crippen LogP contribution in [0, 0.1) is 12.8 Å². The standard InChI is InChI=1S/C15H26N2O2S/c1-11(7-13-3-4-13)16-8-14(18)9-19-6-5-15-12(2)17-10-20-15/h10-11,13-14,16,18H,3-9H2,1-2H3. The normalized spacial score (nSPS) is 18.1. The van der Waals surface area contributed by atoms with Crippen molar-refractivity contribution in [3.8, 4) is 0 Å². The Morgan fingerprint density at radius 1 is 1.55 bits per heavy atom. The number of aliphatic hydroxyl groups is 1. The number of nitrogens with zero attached hydrogens (tertiary/aromatic N) is 1. The van der Waals surface area contributed by atoms with Crippen LogP contribution in [0.25, 0.3) is 0 Å². The minimum absolute atomic E-state index is 0.404. The van der Waals surface area contributed by atoms with E-state index < -0.39 is 6.10 Å². The lowest BCUT2D eigenvalue weighted by Crippen LogP contribution is -2.36. The Balaban J connectivity index is 1.49. The molecule has 0 spiro atoms. The van der Waals surface area contributed by atoms with Crippen molar-refractivity contribution >= 4 is 11.3 Å². The van der Waals surface area contributed by atoms with Gasteiger partial charge in [-0.3, -0.25) is 0 Å². The second-order valence-electron chi connectivity index (χ2n) is 5.83. The summed E-state index contributed by atoms with van der Waals surface area (Å²) in [6, 6.07) is 0.497. The number of aryl methyl sites for hydroxylation is 1. The number of rotatable bonds is 10. The molecule has 1 aromatic heterocycles. The van der Waals surface area contributed by atoms with E-state index in [1.807, 2.05) is 12.4 Å². The molecular weight excluding hydrogens is 272 g/mol. The SMILES string of the molecule is Cc1ncsc1CCOCC(O)CNC(C)CC1CC1. The first kappa shape index (κ1) is 15.9. The van der Waals surface area contributed by atoms with E-state index in [9.17, 15) is 5.11 Å². The third-order valence-corrected chi connectivity index (χ3v) is 4.71. The molecule has 1 aliphatic carbocycles. The smallest absolute Gasteiger partial charge is 0.0897 e. The second kappa shape index (κ2) is 8.08. The topological polar surface area (TPSA) is 54.4 Å². The Labute approximate surface area is 125 Å². The summed E-state index contributed by atoms with van der Waals surface area (Å²) in [5.74, 6) is 0.925. The van der Waals surface area contributed by atoms with Gasteiger partial charge in [0.05, 0.1) is 30.5 Å². The fraction of sp³-hybridized carbons (Fsp3) is 0.800. The molecule has 2 unspecified atom stereocenters. The maximum absolute atomic E-state index is 9.86. The average Bonchev–Trinajstić information content (AvgIpc) is 3.14. The van der Waals surface area contributed by atoms with Crippen LogP contribution < -0.4 is 5.32 Å². The van der Waals surface area contributed by atoms with Crippen LogP contribution >= 0.6 is 11.3 Å². The lowest BCUT2D eigenvalue weighted by Gasteiger charge is -2.17. The Morgan fingerprint density at radius 2 is 2.35 bits per heavy atom. The van der Waals surface area contributed by atoms with Gasteiger partial charge in [-0.1, -0.05) is 12.8 Å². The summed E-state index contributed by atoms with van der Waals surface area (Å²) in [5, 5.41) is 13.2. The van der Waals surface area contributed by atoms with Crippen molar-refractivity contribution in [3.05, 3.63) is 16.1 Å². The van der Waals surface area contributed by atoms with Crippen molar-refractivity contribution < 1.29 is 9.84 Å². The lowest BCUT2D eigenvalue weighted by molar-refractivity contribution is 0.0372. The predicted octanol–water partition coefficient (Wildman–Crippen LogP) is 2.15. The molecule has 0 aromatic carbocycles. The number of ether oxygens (including phenoxy) is 1. The van der Waals surface area contributed by atoms with Crippen LogP contribution in [0.15, 0.2) is 5.51 Å². The molecule has 114 valence electrons. The largest absolute Gasteiger partial charge is 0.389 e. The van der Waals surface area contributed by atoms with Crippen LogP contribution in [0.5, 0.6) is 0 Å². The highest BCUT2D eigenvalue weighted by Gasteiger charge is 2.23. The van der Waals surface area contributed by atoms with Crippen molar-refractivity contribution in [1.29, 1.82) is 0 Å². The van der Waals surface area contributed by atoms with Crippen molar-refractivity contribution in [2.24, 2.45) is 5.92 Å². The summed E-state index contributed by atoms with van der Waals surface area (Å²) < 4.78 is 5.54. The molecule has 1 heterocycles. The minimum atomic E-state index is -0.417. The molecule has 1 aliphatic rings. The highest BCUT2D eigenvalue weighted by Crippen LogP contribution is 2.33. The monoisotopic (exact) mass is 298 g/mol. The highest BCUT2D eigenvalue weighted by molar-refractivity contribution is 7.09. The molecule has 1 aromatic rings. The first-order valence-electron chi connectivity index (χ1n) is 7.53. The Kier molecular flexibility index (Phi) is 6.42. The Bertz CT molecular complexity index is 393. The first-order chi connectivity index (χ1) is 9.65. The van der Waals surface area contributed by atoms with Crippen molar-refractivity contribution in [3.63, 3.8) is 0 Å². The maximum Gasteiger partial charge on any atom is 0.0897 e. The molecule has 0 aliphatic heterocycles. The summed E-state index contributed by atoms with van der Waals surface area (Å²) >= 11 is 1.67. The van der Waals surface area contributed by atoms with Gasteiger partial charge in [0.25, 0.3) is 0 Å². The van der Waals surface area contributed by atoms with E-state index in [-0.39, 0.29) is 0 Å². The molecule has 1 saturated carbocycles. The van der Waals surface area contributed by atoms with Gasteiger partial charge in [-0.2, -0.15) is 0 Å². The van der Waals surface area contributed by atoms with Crippen molar-refractivity contribution in [2.75, 3.05) is 19.8 Å². The molecule has 5 heteroatoms. The summed E-state index contributed by atoms with van der Waals surface area (Å²) in [5.41, 5.74) is 2.96. The Hall–Kier alpha value is -0.490. The molecule has 0 amide bonds. The van der Waals surface area contributed by atoms with Gasteiger partial charge >= 0.3 is 0 Å². The lowest BCUT2D eigenvalue weighted by atomic mass is 10.1. The summed E-state index contributed by atoms with van der Waals surface area (Å²) in [4.78, 5) is 5.49. The summed E-state index contributed by atoms with van der Waals surface area (Å²) in [6.07, 6.45) is 4.47. The van der Waals surface area contributed by atoms with E-state index in [2.05, 4.69) is 17.2 Å². The molecule has 0 bridgehead atoms. The minimum Gasteiger partial charge on any atom is -0.389 e. The van der Waals surface area contributed by atoms with E-state index in [1.54, 1.807) is 11.3 Å². The Morgan fingerprint density at radius 3 is 3.00 bits per heavy atom. The zero-order valence-corrected chi connectivity index (χ0v) is 13.3. The number of hydrogen-bond acceptors (Lipinski definition) is 5. The van der Waals surface area contributed by atoms with Crippen LogP contribution in [0.1, 0.15) is 36.8 Å². The fourth-order valence-electron chi connectivity index (χ4n) is 2.28. The highest BCUT2D eigenvalue weighted by atomic mass is 32.1. The molecular formula is C15H26N2O2S. The fourth-order valence-corrected chi connectivity index (χ4v) is 3.05. The van der Waals surface area contributed by atoms with Gasteiger partial charge < -0.3 is 15.2 Å². The average molecular weight is 298 g/mol. The first-order valence-corrected chi connectivity index (χ1v) is 8.41. The quantitative estimate of drug-likeness (QED) is 0.650. The van der Waals surface area contributed by atoms with Crippen LogP contribution in [-0.2, 0) is 11.2 Å². The van der Waals surface area contributed by atoms with E-state index in [1.165, 1.54) is 24.1 Å². The van der Waals surface area contributed by atoms with Gasteiger partial charge in [0.1, 0.15) is 0 Å². The van der Waals surface area contributed by atoms with Gasteiger partial charge in [-0.05, 0) is 26.2 Å². The summed E-state index contributed by atoms with van der Waals surface area (Å²) in [6.45, 7) is 5.89. The molecule has 2 rings (SSSR count). The molecule has 1 fully saturated rings. The van der Waals surface area contributed by atoms with E-state index in [4.69, 9.17) is 4.74 Å². The van der Waals surface area contributed by atoms with E-state index in [0.717, 1.165) is 18.0 Å². The number of thiazole rings is 1. The van der Waals surface area contributed by atoms with Crippen LogP contribution in [0.4, 0.5) is 0 Å². The van der Waals surface area contributed by atoms with Crippen LogP contribution in [0.3, 0.4) is 0 Å². The molecule has 2 N–H and O–H groups in total. The number of nitrogens with one attached hydrogen (secondary N) is 1. The predicted molar refractivity (Wildman–Crippen MR) is 82.2 cm³/mol. The third-order valence-electron chi connectivity index (χ3n) is 3.71. The van der Waals surface area contributed by atoms with Crippen LogP contribution in [0.2, 0.25) is 0 Å². The van der Waals surface area contributed by atoms with Crippen LogP contribution in [-0.4, -0.2) is 42.0 Å². The zero-order chi connectivity index (χ0) is 14.4. The second-order valence-corrected chi connectivity index (χ2v) is 6.77. The van der Waals surface area contributed by atoms with E-state index in [0.29, 0.717) is 25.8 Å². The molecule has 20 heavy (non-hydrogen) atoms. The molecule has 4 nitrogen and oxygen atoms in total. The van der Waals surface area contributed by atoms with Gasteiger partial charge in [0.15, 0.2) is 0 Å². The van der Waals surface area contributed by atoms with Crippen molar-refractivity contribution in [1.82, 2.24) is 10.3 Å². The van der Waals surface area contributed by atoms with Gasteiger partial charge in [-0.25, -0.2) is 4.98 Å². The maximum atomic E-state index is 9.86. The van der Waals surface area contributed by atoms with Gasteiger partial charge in [-0.15, -0.1) is 11.3 Å². The number of aromatic nitrogens is 1. The van der Waals surface area contributed by atoms with E-state index >= 15 is 0 Å². The zero-order valence-electron chi connectivity index (χ0n) is 12.5. The number of aliphatic hydroxyl groups excluding tert-OH is 1. The third kappa shape index (κ3) is 5.87. The molecule has 0 saturated heterocycles. The number of hydrogen-bond donors (Lipinski definition) is 2. The molecule has 2 atom stereocenters. The van der Waals surface area contributed by atoms with Gasteiger partial charge in [0.2, 0.25) is 0 Å². The summed E-state index contributed by atoms with van der Waals surface area (Å²) in [7, 11) is 0. The van der Waals surface area contributed by atoms with Gasteiger partial charge in [0, 0.05) is 23.9 Å². The molecule has 0 radical (unpaired) electrons. The van der Waals surface area contributed by atoms with Crippen molar-refractivity contribution in [2.45, 2.75) is 51.7 Å².